The Morgan fingerprint density at radius 3 is 2.85 bits per heavy atom. The average molecular weight is 276 g/mol. The molecule has 0 spiro atoms. The molecule has 1 unspecified atom stereocenters. The Labute approximate surface area is 121 Å². The number of hydrogen-bond acceptors (Lipinski definition) is 4. The zero-order valence-electron chi connectivity index (χ0n) is 12.6. The fourth-order valence-corrected chi connectivity index (χ4v) is 2.92. The minimum Gasteiger partial charge on any atom is -0.465 e. The average Bonchev–Trinajstić information content (AvgIpc) is 2.85. The lowest BCUT2D eigenvalue weighted by Crippen LogP contribution is -2.37. The van der Waals surface area contributed by atoms with E-state index in [0.29, 0.717) is 11.6 Å². The van der Waals surface area contributed by atoms with Crippen LogP contribution in [0.4, 0.5) is 0 Å². The first kappa shape index (κ1) is 15.0. The second kappa shape index (κ2) is 6.86. The SMILES string of the molecule is COC(=O)c1ccccc1CN1CCCC1CN(C)C. The Morgan fingerprint density at radius 1 is 1.40 bits per heavy atom. The van der Waals surface area contributed by atoms with Crippen molar-refractivity contribution in [3.8, 4) is 0 Å². The summed E-state index contributed by atoms with van der Waals surface area (Å²) in [6.07, 6.45) is 2.47. The molecule has 2 rings (SSSR count). The van der Waals surface area contributed by atoms with Gasteiger partial charge < -0.3 is 9.64 Å². The van der Waals surface area contributed by atoms with E-state index in [9.17, 15) is 4.79 Å². The lowest BCUT2D eigenvalue weighted by Gasteiger charge is -2.27. The number of carbonyl (C=O) groups is 1. The van der Waals surface area contributed by atoms with Gasteiger partial charge in [0, 0.05) is 19.1 Å². The molecule has 110 valence electrons. The molecule has 1 aliphatic rings. The van der Waals surface area contributed by atoms with Crippen LogP contribution >= 0.6 is 0 Å². The number of nitrogens with zero attached hydrogens (tertiary/aromatic N) is 2. The fourth-order valence-electron chi connectivity index (χ4n) is 2.92. The van der Waals surface area contributed by atoms with Crippen molar-refractivity contribution >= 4 is 5.97 Å². The molecule has 1 aromatic rings. The maximum absolute atomic E-state index is 11.8. The van der Waals surface area contributed by atoms with Crippen molar-refractivity contribution in [2.45, 2.75) is 25.4 Å². The number of esters is 1. The van der Waals surface area contributed by atoms with E-state index in [1.807, 2.05) is 24.3 Å². The highest BCUT2D eigenvalue weighted by molar-refractivity contribution is 5.90. The van der Waals surface area contributed by atoms with Gasteiger partial charge in [0.25, 0.3) is 0 Å². The standard InChI is InChI=1S/C16H24N2O2/c1-17(2)12-14-8-6-10-18(14)11-13-7-4-5-9-15(13)16(19)20-3/h4-5,7,9,14H,6,8,10-12H2,1-3H3. The molecule has 20 heavy (non-hydrogen) atoms. The molecule has 0 N–H and O–H groups in total. The topological polar surface area (TPSA) is 32.8 Å². The van der Waals surface area contributed by atoms with E-state index < -0.39 is 0 Å². The van der Waals surface area contributed by atoms with Gasteiger partial charge in [0.15, 0.2) is 0 Å². The second-order valence-corrected chi connectivity index (χ2v) is 5.68. The maximum atomic E-state index is 11.8. The summed E-state index contributed by atoms with van der Waals surface area (Å²) in [5.41, 5.74) is 1.75. The van der Waals surface area contributed by atoms with Gasteiger partial charge in [-0.15, -0.1) is 0 Å². The Morgan fingerprint density at radius 2 is 2.15 bits per heavy atom. The van der Waals surface area contributed by atoms with Gasteiger partial charge in [-0.05, 0) is 45.1 Å². The summed E-state index contributed by atoms with van der Waals surface area (Å²) in [6, 6.07) is 8.32. The van der Waals surface area contributed by atoms with E-state index in [1.54, 1.807) is 0 Å². The first-order valence-corrected chi connectivity index (χ1v) is 7.17. The van der Waals surface area contributed by atoms with Gasteiger partial charge in [-0.3, -0.25) is 4.90 Å². The Bertz CT molecular complexity index is 460. The summed E-state index contributed by atoms with van der Waals surface area (Å²) in [5.74, 6) is -0.246. The van der Waals surface area contributed by atoms with E-state index in [2.05, 4.69) is 23.9 Å². The number of likely N-dealkylation sites (N-methyl/N-ethyl adjacent to an activating group) is 1. The minimum absolute atomic E-state index is 0.246. The molecule has 1 atom stereocenters. The zero-order chi connectivity index (χ0) is 14.5. The number of ether oxygens (including phenoxy) is 1. The molecule has 0 radical (unpaired) electrons. The van der Waals surface area contributed by atoms with Gasteiger partial charge in [0.2, 0.25) is 0 Å². The van der Waals surface area contributed by atoms with Crippen LogP contribution < -0.4 is 0 Å². The molecule has 0 aliphatic carbocycles. The van der Waals surface area contributed by atoms with Gasteiger partial charge in [-0.1, -0.05) is 18.2 Å². The second-order valence-electron chi connectivity index (χ2n) is 5.68. The van der Waals surface area contributed by atoms with Gasteiger partial charge in [-0.2, -0.15) is 0 Å². The van der Waals surface area contributed by atoms with Crippen molar-refractivity contribution in [2.75, 3.05) is 34.3 Å². The van der Waals surface area contributed by atoms with Crippen LogP contribution in [0.2, 0.25) is 0 Å². The minimum atomic E-state index is -0.246. The maximum Gasteiger partial charge on any atom is 0.338 e. The molecule has 1 saturated heterocycles. The normalized spacial score (nSPS) is 19.5. The lowest BCUT2D eigenvalue weighted by molar-refractivity contribution is 0.0597. The number of methoxy groups -OCH3 is 1. The zero-order valence-corrected chi connectivity index (χ0v) is 12.6. The summed E-state index contributed by atoms with van der Waals surface area (Å²) < 4.78 is 4.87. The predicted molar refractivity (Wildman–Crippen MR) is 79.8 cm³/mol. The third kappa shape index (κ3) is 3.58. The van der Waals surface area contributed by atoms with Crippen LogP contribution in [0.3, 0.4) is 0 Å². The predicted octanol–water partition coefficient (Wildman–Crippen LogP) is 2.00. The Kier molecular flexibility index (Phi) is 5.15. The monoisotopic (exact) mass is 276 g/mol. The van der Waals surface area contributed by atoms with Crippen LogP contribution in [-0.2, 0) is 11.3 Å². The quantitative estimate of drug-likeness (QED) is 0.770. The number of likely N-dealkylation sites (tertiary alicyclic amines) is 1. The molecule has 0 bridgehead atoms. The highest BCUT2D eigenvalue weighted by Crippen LogP contribution is 2.22. The lowest BCUT2D eigenvalue weighted by atomic mass is 10.1. The number of carbonyl (C=O) groups excluding carboxylic acids is 1. The highest BCUT2D eigenvalue weighted by Gasteiger charge is 2.26. The van der Waals surface area contributed by atoms with Gasteiger partial charge in [0.05, 0.1) is 12.7 Å². The molecule has 4 nitrogen and oxygen atoms in total. The number of hydrogen-bond donors (Lipinski definition) is 0. The molecule has 1 fully saturated rings. The van der Waals surface area contributed by atoms with Crippen molar-refractivity contribution in [1.29, 1.82) is 0 Å². The van der Waals surface area contributed by atoms with Gasteiger partial charge in [0.1, 0.15) is 0 Å². The third-order valence-corrected chi connectivity index (χ3v) is 3.87. The van der Waals surface area contributed by atoms with Crippen LogP contribution in [-0.4, -0.2) is 56.1 Å². The van der Waals surface area contributed by atoms with E-state index in [0.717, 1.165) is 25.2 Å². The Hall–Kier alpha value is -1.39. The van der Waals surface area contributed by atoms with Crippen LogP contribution in [0.1, 0.15) is 28.8 Å². The molecule has 0 amide bonds. The molecule has 1 heterocycles. The van der Waals surface area contributed by atoms with E-state index in [-0.39, 0.29) is 5.97 Å². The van der Waals surface area contributed by atoms with Crippen molar-refractivity contribution in [2.24, 2.45) is 0 Å². The summed E-state index contributed by atoms with van der Waals surface area (Å²) in [7, 11) is 5.65. The van der Waals surface area contributed by atoms with Crippen LogP contribution in [0, 0.1) is 0 Å². The van der Waals surface area contributed by atoms with E-state index in [1.165, 1.54) is 20.0 Å². The van der Waals surface area contributed by atoms with Crippen LogP contribution in [0.15, 0.2) is 24.3 Å². The van der Waals surface area contributed by atoms with Gasteiger partial charge >= 0.3 is 5.97 Å². The molecule has 0 saturated carbocycles. The molecule has 1 aromatic carbocycles. The third-order valence-electron chi connectivity index (χ3n) is 3.87. The van der Waals surface area contributed by atoms with Crippen molar-refractivity contribution in [3.05, 3.63) is 35.4 Å². The fraction of sp³-hybridized carbons (Fsp3) is 0.562. The van der Waals surface area contributed by atoms with E-state index in [4.69, 9.17) is 4.74 Å². The molecular weight excluding hydrogens is 252 g/mol. The van der Waals surface area contributed by atoms with Crippen molar-refractivity contribution in [1.82, 2.24) is 9.80 Å². The first-order valence-electron chi connectivity index (χ1n) is 7.17. The first-order chi connectivity index (χ1) is 9.61. The Balaban J connectivity index is 2.11. The van der Waals surface area contributed by atoms with Gasteiger partial charge in [-0.25, -0.2) is 4.79 Å². The van der Waals surface area contributed by atoms with Crippen LogP contribution in [0.5, 0.6) is 0 Å². The summed E-state index contributed by atoms with van der Waals surface area (Å²) in [4.78, 5) is 16.5. The summed E-state index contributed by atoms with van der Waals surface area (Å²) >= 11 is 0. The largest absolute Gasteiger partial charge is 0.465 e. The van der Waals surface area contributed by atoms with E-state index >= 15 is 0 Å². The number of rotatable bonds is 5. The highest BCUT2D eigenvalue weighted by atomic mass is 16.5. The molecule has 4 heteroatoms. The summed E-state index contributed by atoms with van der Waals surface area (Å²) in [6.45, 7) is 3.00. The summed E-state index contributed by atoms with van der Waals surface area (Å²) in [5, 5.41) is 0. The van der Waals surface area contributed by atoms with Crippen molar-refractivity contribution < 1.29 is 9.53 Å². The number of benzene rings is 1. The molecule has 0 aromatic heterocycles. The smallest absolute Gasteiger partial charge is 0.338 e. The van der Waals surface area contributed by atoms with Crippen molar-refractivity contribution in [3.63, 3.8) is 0 Å². The molecular formula is C16H24N2O2. The molecule has 1 aliphatic heterocycles. The van der Waals surface area contributed by atoms with Crippen LogP contribution in [0.25, 0.3) is 0 Å².